The molecule has 3 nitrogen and oxygen atoms in total. The predicted octanol–water partition coefficient (Wildman–Crippen LogP) is 0.668. The molecule has 0 aromatic carbocycles. The maximum absolute atomic E-state index is 3.61. The molecule has 2 N–H and O–H groups in total. The molecular weight excluding hydrogens is 186 g/mol. The molecule has 0 saturated carbocycles. The Morgan fingerprint density at radius 3 is 2.80 bits per heavy atom. The van der Waals surface area contributed by atoms with E-state index < -0.39 is 0 Å². The minimum atomic E-state index is 0.695. The summed E-state index contributed by atoms with van der Waals surface area (Å²) >= 11 is 0. The van der Waals surface area contributed by atoms with Crippen LogP contribution >= 0.6 is 0 Å². The lowest BCUT2D eigenvalue weighted by Crippen LogP contribution is -2.54. The van der Waals surface area contributed by atoms with Gasteiger partial charge in [0.1, 0.15) is 0 Å². The van der Waals surface area contributed by atoms with Crippen LogP contribution in [0.25, 0.3) is 0 Å². The van der Waals surface area contributed by atoms with E-state index in [9.17, 15) is 0 Å². The van der Waals surface area contributed by atoms with Crippen LogP contribution in [0.2, 0.25) is 0 Å². The molecule has 0 bridgehead atoms. The molecule has 0 amide bonds. The lowest BCUT2D eigenvalue weighted by molar-refractivity contribution is 0.164. The largest absolute Gasteiger partial charge is 0.313 e. The van der Waals surface area contributed by atoms with E-state index in [2.05, 4.69) is 29.4 Å². The standard InChI is InChI=1S/C12H25N3/c1-10(2)12-9-15(7-6-14-12)8-11-4-3-5-13-11/h10-14H,3-9H2,1-2H3. The monoisotopic (exact) mass is 211 g/mol. The first-order valence-corrected chi connectivity index (χ1v) is 6.45. The molecule has 2 saturated heterocycles. The topological polar surface area (TPSA) is 27.3 Å². The summed E-state index contributed by atoms with van der Waals surface area (Å²) in [5, 5.41) is 7.20. The minimum Gasteiger partial charge on any atom is -0.313 e. The smallest absolute Gasteiger partial charge is 0.0218 e. The van der Waals surface area contributed by atoms with Crippen molar-refractivity contribution in [2.45, 2.75) is 38.8 Å². The number of nitrogens with zero attached hydrogens (tertiary/aromatic N) is 1. The van der Waals surface area contributed by atoms with Gasteiger partial charge in [-0.1, -0.05) is 13.8 Å². The van der Waals surface area contributed by atoms with Gasteiger partial charge in [0, 0.05) is 38.3 Å². The maximum Gasteiger partial charge on any atom is 0.0218 e. The van der Waals surface area contributed by atoms with E-state index in [-0.39, 0.29) is 0 Å². The summed E-state index contributed by atoms with van der Waals surface area (Å²) in [7, 11) is 0. The second-order valence-electron chi connectivity index (χ2n) is 5.36. The molecule has 2 aliphatic heterocycles. The van der Waals surface area contributed by atoms with E-state index in [0.717, 1.165) is 18.5 Å². The summed E-state index contributed by atoms with van der Waals surface area (Å²) in [4.78, 5) is 2.63. The predicted molar refractivity (Wildman–Crippen MR) is 64.1 cm³/mol. The van der Waals surface area contributed by atoms with Crippen molar-refractivity contribution >= 4 is 0 Å². The highest BCUT2D eigenvalue weighted by Gasteiger charge is 2.24. The number of piperazine rings is 1. The van der Waals surface area contributed by atoms with Crippen molar-refractivity contribution in [1.29, 1.82) is 0 Å². The van der Waals surface area contributed by atoms with Crippen molar-refractivity contribution in [1.82, 2.24) is 15.5 Å². The zero-order chi connectivity index (χ0) is 10.7. The lowest BCUT2D eigenvalue weighted by atomic mass is 10.0. The Labute approximate surface area is 93.6 Å². The quantitative estimate of drug-likeness (QED) is 0.718. The maximum atomic E-state index is 3.61. The third-order valence-corrected chi connectivity index (χ3v) is 3.74. The molecule has 0 aromatic rings. The summed E-state index contributed by atoms with van der Waals surface area (Å²) in [6, 6.07) is 1.45. The Balaban J connectivity index is 1.76. The van der Waals surface area contributed by atoms with Crippen LogP contribution in [0, 0.1) is 5.92 Å². The summed E-state index contributed by atoms with van der Waals surface area (Å²) < 4.78 is 0. The molecular formula is C12H25N3. The molecule has 2 heterocycles. The molecule has 2 rings (SSSR count). The summed E-state index contributed by atoms with van der Waals surface area (Å²) in [6.07, 6.45) is 2.74. The summed E-state index contributed by atoms with van der Waals surface area (Å²) in [6.45, 7) is 10.7. The zero-order valence-corrected chi connectivity index (χ0v) is 10.1. The molecule has 2 fully saturated rings. The Morgan fingerprint density at radius 1 is 1.27 bits per heavy atom. The average Bonchev–Trinajstić information content (AvgIpc) is 2.71. The van der Waals surface area contributed by atoms with E-state index in [1.165, 1.54) is 39.0 Å². The minimum absolute atomic E-state index is 0.695. The highest BCUT2D eigenvalue weighted by molar-refractivity contribution is 4.85. The highest BCUT2D eigenvalue weighted by atomic mass is 15.2. The third-order valence-electron chi connectivity index (χ3n) is 3.74. The van der Waals surface area contributed by atoms with Crippen molar-refractivity contribution in [3.8, 4) is 0 Å². The fourth-order valence-corrected chi connectivity index (χ4v) is 2.68. The second-order valence-corrected chi connectivity index (χ2v) is 5.36. The number of hydrogen-bond donors (Lipinski definition) is 2. The van der Waals surface area contributed by atoms with Gasteiger partial charge in [0.05, 0.1) is 0 Å². The van der Waals surface area contributed by atoms with Crippen LogP contribution in [0.1, 0.15) is 26.7 Å². The normalized spacial score (nSPS) is 33.8. The molecule has 15 heavy (non-hydrogen) atoms. The third kappa shape index (κ3) is 3.16. The summed E-state index contributed by atoms with van der Waals surface area (Å²) in [5.41, 5.74) is 0. The van der Waals surface area contributed by atoms with Gasteiger partial charge in [0.2, 0.25) is 0 Å². The van der Waals surface area contributed by atoms with Gasteiger partial charge in [-0.3, -0.25) is 4.90 Å². The van der Waals surface area contributed by atoms with Gasteiger partial charge in [0.15, 0.2) is 0 Å². The van der Waals surface area contributed by atoms with Crippen molar-refractivity contribution in [2.75, 3.05) is 32.7 Å². The van der Waals surface area contributed by atoms with Gasteiger partial charge in [-0.05, 0) is 25.3 Å². The van der Waals surface area contributed by atoms with Crippen LogP contribution in [0.4, 0.5) is 0 Å². The average molecular weight is 211 g/mol. The molecule has 2 aliphatic rings. The van der Waals surface area contributed by atoms with Gasteiger partial charge >= 0.3 is 0 Å². The number of nitrogens with one attached hydrogen (secondary N) is 2. The molecule has 2 atom stereocenters. The first kappa shape index (κ1) is 11.4. The van der Waals surface area contributed by atoms with E-state index in [1.54, 1.807) is 0 Å². The van der Waals surface area contributed by atoms with Gasteiger partial charge in [-0.15, -0.1) is 0 Å². The Hall–Kier alpha value is -0.120. The lowest BCUT2D eigenvalue weighted by Gasteiger charge is -2.37. The van der Waals surface area contributed by atoms with Crippen LogP contribution in [-0.4, -0.2) is 49.7 Å². The number of hydrogen-bond acceptors (Lipinski definition) is 3. The molecule has 0 spiro atoms. The van der Waals surface area contributed by atoms with Crippen molar-refractivity contribution in [2.24, 2.45) is 5.92 Å². The molecule has 2 unspecified atom stereocenters. The van der Waals surface area contributed by atoms with E-state index in [4.69, 9.17) is 0 Å². The molecule has 88 valence electrons. The van der Waals surface area contributed by atoms with Gasteiger partial charge in [-0.25, -0.2) is 0 Å². The molecule has 3 heteroatoms. The van der Waals surface area contributed by atoms with Crippen molar-refractivity contribution in [3.63, 3.8) is 0 Å². The fourth-order valence-electron chi connectivity index (χ4n) is 2.68. The van der Waals surface area contributed by atoms with Crippen molar-refractivity contribution in [3.05, 3.63) is 0 Å². The Kier molecular flexibility index (Phi) is 4.00. The van der Waals surface area contributed by atoms with Crippen LogP contribution in [0.15, 0.2) is 0 Å². The first-order chi connectivity index (χ1) is 7.25. The SMILES string of the molecule is CC(C)C1CN(CC2CCCN2)CCN1. The molecule has 0 aromatic heterocycles. The van der Waals surface area contributed by atoms with Crippen molar-refractivity contribution < 1.29 is 0 Å². The van der Waals surface area contributed by atoms with E-state index in [1.807, 2.05) is 0 Å². The second kappa shape index (κ2) is 5.28. The van der Waals surface area contributed by atoms with Crippen LogP contribution in [-0.2, 0) is 0 Å². The summed E-state index contributed by atoms with van der Waals surface area (Å²) in [5.74, 6) is 0.754. The number of rotatable bonds is 3. The zero-order valence-electron chi connectivity index (χ0n) is 10.1. The molecule has 0 radical (unpaired) electrons. The van der Waals surface area contributed by atoms with E-state index in [0.29, 0.717) is 6.04 Å². The van der Waals surface area contributed by atoms with Crippen LogP contribution < -0.4 is 10.6 Å². The first-order valence-electron chi connectivity index (χ1n) is 6.45. The van der Waals surface area contributed by atoms with Crippen LogP contribution in [0.5, 0.6) is 0 Å². The molecule has 0 aliphatic carbocycles. The highest BCUT2D eigenvalue weighted by Crippen LogP contribution is 2.11. The van der Waals surface area contributed by atoms with Gasteiger partial charge < -0.3 is 10.6 Å². The van der Waals surface area contributed by atoms with Gasteiger partial charge in [-0.2, -0.15) is 0 Å². The fraction of sp³-hybridized carbons (Fsp3) is 1.00. The Bertz CT molecular complexity index is 185. The van der Waals surface area contributed by atoms with E-state index >= 15 is 0 Å². The van der Waals surface area contributed by atoms with Gasteiger partial charge in [0.25, 0.3) is 0 Å². The Morgan fingerprint density at radius 2 is 2.13 bits per heavy atom. The van der Waals surface area contributed by atoms with Crippen LogP contribution in [0.3, 0.4) is 0 Å².